The van der Waals surface area contributed by atoms with Crippen molar-refractivity contribution >= 4 is 17.0 Å². The van der Waals surface area contributed by atoms with Crippen molar-refractivity contribution in [2.24, 2.45) is 5.41 Å². The Labute approximate surface area is 216 Å². The molecule has 3 fully saturated rings. The van der Waals surface area contributed by atoms with Gasteiger partial charge in [-0.25, -0.2) is 4.79 Å². The van der Waals surface area contributed by atoms with Crippen LogP contribution < -0.4 is 5.32 Å². The van der Waals surface area contributed by atoms with Crippen LogP contribution in [0.3, 0.4) is 0 Å². The number of hydrogen-bond acceptors (Lipinski definition) is 6. The lowest BCUT2D eigenvalue weighted by Gasteiger charge is -2.53. The Balaban J connectivity index is 1.49. The number of allylic oxidation sites excluding steroid dienone is 1. The Kier molecular flexibility index (Phi) is 6.62. The Morgan fingerprint density at radius 2 is 1.76 bits per heavy atom. The van der Waals surface area contributed by atoms with Crippen LogP contribution in [0, 0.1) is 5.41 Å². The van der Waals surface area contributed by atoms with E-state index in [2.05, 4.69) is 16.5 Å². The number of aliphatic hydroxyl groups excluding tert-OH is 1. The minimum Gasteiger partial charge on any atom is -0.445 e. The number of ether oxygens (including phenoxy) is 4. The SMILES string of the molecule is C=CC(C)(C)n1cc([C@@H](O)[C@H](NC(=O)OCc2ccccc2)C23OCC(C)(CO2)CO3)c2ccccc21. The van der Waals surface area contributed by atoms with Gasteiger partial charge in [0.1, 0.15) is 18.8 Å². The average molecular weight is 507 g/mol. The third-order valence-electron chi connectivity index (χ3n) is 7.23. The second-order valence-corrected chi connectivity index (χ2v) is 10.7. The molecular weight excluding hydrogens is 472 g/mol. The molecule has 2 aromatic carbocycles. The molecule has 0 radical (unpaired) electrons. The Morgan fingerprint density at radius 1 is 1.14 bits per heavy atom. The highest BCUT2D eigenvalue weighted by molar-refractivity contribution is 5.85. The van der Waals surface area contributed by atoms with E-state index in [4.69, 9.17) is 18.9 Å². The molecule has 8 heteroatoms. The maximum atomic E-state index is 13.0. The number of rotatable bonds is 8. The van der Waals surface area contributed by atoms with Crippen molar-refractivity contribution in [3.63, 3.8) is 0 Å². The van der Waals surface area contributed by atoms with Gasteiger partial charge in [0, 0.05) is 28.1 Å². The largest absolute Gasteiger partial charge is 0.445 e. The molecule has 0 aliphatic carbocycles. The van der Waals surface area contributed by atoms with Gasteiger partial charge in [0.15, 0.2) is 0 Å². The van der Waals surface area contributed by atoms with Gasteiger partial charge in [-0.05, 0) is 25.5 Å². The fraction of sp³-hybridized carbons (Fsp3) is 0.414. The first-order chi connectivity index (χ1) is 17.7. The molecule has 3 saturated heterocycles. The first kappa shape index (κ1) is 25.5. The van der Waals surface area contributed by atoms with Crippen molar-refractivity contribution in [3.05, 3.63) is 84.6 Å². The summed E-state index contributed by atoms with van der Waals surface area (Å²) in [6, 6.07) is 16.1. The number of benzene rings is 2. The van der Waals surface area contributed by atoms with E-state index >= 15 is 0 Å². The van der Waals surface area contributed by atoms with E-state index in [9.17, 15) is 9.90 Å². The minimum atomic E-state index is -1.65. The Morgan fingerprint density at radius 3 is 2.41 bits per heavy atom. The van der Waals surface area contributed by atoms with Gasteiger partial charge in [-0.3, -0.25) is 0 Å². The van der Waals surface area contributed by atoms with Crippen molar-refractivity contribution in [2.45, 2.75) is 51.0 Å². The second kappa shape index (κ2) is 9.61. The number of carbonyl (C=O) groups excluding carboxylic acids is 1. The van der Waals surface area contributed by atoms with Gasteiger partial charge in [-0.1, -0.05) is 61.5 Å². The van der Waals surface area contributed by atoms with E-state index in [0.29, 0.717) is 25.4 Å². The summed E-state index contributed by atoms with van der Waals surface area (Å²) in [5, 5.41) is 15.5. The molecule has 1 amide bonds. The lowest BCUT2D eigenvalue weighted by Crippen LogP contribution is -2.68. The number of para-hydroxylation sites is 1. The molecule has 3 aromatic rings. The molecule has 196 valence electrons. The first-order valence-corrected chi connectivity index (χ1v) is 12.5. The average Bonchev–Trinajstić information content (AvgIpc) is 3.32. The third-order valence-corrected chi connectivity index (χ3v) is 7.23. The van der Waals surface area contributed by atoms with Crippen LogP contribution in [0.4, 0.5) is 4.79 Å². The van der Waals surface area contributed by atoms with Crippen LogP contribution in [0.1, 0.15) is 38.0 Å². The monoisotopic (exact) mass is 506 g/mol. The smallest absolute Gasteiger partial charge is 0.408 e. The normalized spacial score (nSPS) is 25.0. The van der Waals surface area contributed by atoms with Crippen LogP contribution in [0.25, 0.3) is 10.9 Å². The molecule has 3 aliphatic rings. The number of nitrogens with one attached hydrogen (secondary N) is 1. The number of hydrogen-bond donors (Lipinski definition) is 2. The van der Waals surface area contributed by atoms with E-state index < -0.39 is 29.8 Å². The summed E-state index contributed by atoms with van der Waals surface area (Å²) in [5.41, 5.74) is 1.66. The number of aliphatic hydroxyl groups is 1. The highest BCUT2D eigenvalue weighted by Crippen LogP contribution is 2.44. The minimum absolute atomic E-state index is 0.0793. The van der Waals surface area contributed by atoms with Crippen molar-refractivity contribution in [1.29, 1.82) is 0 Å². The Hall–Kier alpha value is -3.17. The van der Waals surface area contributed by atoms with Gasteiger partial charge in [0.2, 0.25) is 0 Å². The number of fused-ring (bicyclic) bond motifs is 4. The fourth-order valence-electron chi connectivity index (χ4n) is 4.79. The summed E-state index contributed by atoms with van der Waals surface area (Å²) in [4.78, 5) is 13.0. The van der Waals surface area contributed by atoms with Gasteiger partial charge in [-0.2, -0.15) is 0 Å². The molecule has 1 aromatic heterocycles. The predicted molar refractivity (Wildman–Crippen MR) is 139 cm³/mol. The van der Waals surface area contributed by atoms with E-state index in [1.165, 1.54) is 0 Å². The van der Waals surface area contributed by atoms with Gasteiger partial charge in [0.05, 0.1) is 25.4 Å². The van der Waals surface area contributed by atoms with Crippen molar-refractivity contribution < 1.29 is 28.8 Å². The standard InChI is InChI=1S/C29H34N2O6/c1-5-27(2,3)31-15-22(21-13-9-10-14-23(21)31)24(32)25(29-35-17-28(4,18-36-29)19-37-29)30-26(33)34-16-20-11-7-6-8-12-20/h5-15,24-25,32H,1,16-19H2,2-4H3,(H,30,33)/t24-,25+,28?,29?/m1/s1. The molecule has 6 rings (SSSR count). The van der Waals surface area contributed by atoms with E-state index in [-0.39, 0.29) is 12.0 Å². The molecule has 2 bridgehead atoms. The lowest BCUT2D eigenvalue weighted by molar-refractivity contribution is -0.478. The molecule has 4 heterocycles. The number of nitrogens with zero attached hydrogens (tertiary/aromatic N) is 1. The van der Waals surface area contributed by atoms with Gasteiger partial charge >= 0.3 is 12.1 Å². The van der Waals surface area contributed by atoms with E-state index in [1.807, 2.05) is 87.6 Å². The molecule has 2 N–H and O–H groups in total. The summed E-state index contributed by atoms with van der Waals surface area (Å²) in [6.07, 6.45) is 1.78. The second-order valence-electron chi connectivity index (χ2n) is 10.7. The predicted octanol–water partition coefficient (Wildman–Crippen LogP) is 4.63. The highest BCUT2D eigenvalue weighted by Gasteiger charge is 2.58. The van der Waals surface area contributed by atoms with Crippen molar-refractivity contribution in [1.82, 2.24) is 9.88 Å². The van der Waals surface area contributed by atoms with Crippen LogP contribution in [-0.4, -0.2) is 47.6 Å². The number of alkyl carbamates (subject to hydrolysis) is 1. The van der Waals surface area contributed by atoms with Crippen LogP contribution in [0.15, 0.2) is 73.4 Å². The molecule has 0 unspecified atom stereocenters. The highest BCUT2D eigenvalue weighted by atomic mass is 16.9. The summed E-state index contributed by atoms with van der Waals surface area (Å²) in [6.45, 7) is 11.3. The van der Waals surface area contributed by atoms with Crippen molar-refractivity contribution in [3.8, 4) is 0 Å². The molecule has 8 nitrogen and oxygen atoms in total. The number of amides is 1. The summed E-state index contributed by atoms with van der Waals surface area (Å²) in [5.74, 6) is -1.65. The summed E-state index contributed by atoms with van der Waals surface area (Å²) in [7, 11) is 0. The fourth-order valence-corrected chi connectivity index (χ4v) is 4.79. The van der Waals surface area contributed by atoms with Crippen LogP contribution in [-0.2, 0) is 31.1 Å². The maximum Gasteiger partial charge on any atom is 0.408 e. The quantitative estimate of drug-likeness (QED) is 0.433. The Bertz CT molecular complexity index is 1260. The zero-order valence-electron chi connectivity index (χ0n) is 21.5. The zero-order chi connectivity index (χ0) is 26.3. The van der Waals surface area contributed by atoms with E-state index in [1.54, 1.807) is 0 Å². The summed E-state index contributed by atoms with van der Waals surface area (Å²) < 4.78 is 25.7. The topological polar surface area (TPSA) is 91.2 Å². The molecular formula is C29H34N2O6. The first-order valence-electron chi connectivity index (χ1n) is 12.5. The van der Waals surface area contributed by atoms with E-state index in [0.717, 1.165) is 16.5 Å². The summed E-state index contributed by atoms with van der Waals surface area (Å²) >= 11 is 0. The lowest BCUT2D eigenvalue weighted by atomic mass is 9.89. The molecule has 2 atom stereocenters. The van der Waals surface area contributed by atoms with Crippen LogP contribution >= 0.6 is 0 Å². The van der Waals surface area contributed by atoms with Crippen molar-refractivity contribution in [2.75, 3.05) is 19.8 Å². The molecule has 3 aliphatic heterocycles. The third kappa shape index (κ3) is 4.78. The van der Waals surface area contributed by atoms with Crippen LogP contribution in [0.2, 0.25) is 0 Å². The molecule has 0 saturated carbocycles. The number of carbonyl (C=O) groups is 1. The molecule has 0 spiro atoms. The van der Waals surface area contributed by atoms with Gasteiger partial charge < -0.3 is 33.9 Å². The van der Waals surface area contributed by atoms with Crippen LogP contribution in [0.5, 0.6) is 0 Å². The van der Waals surface area contributed by atoms with Gasteiger partial charge in [-0.15, -0.1) is 6.58 Å². The number of aromatic nitrogens is 1. The zero-order valence-corrected chi connectivity index (χ0v) is 21.5. The molecule has 37 heavy (non-hydrogen) atoms. The maximum absolute atomic E-state index is 13.0. The van der Waals surface area contributed by atoms with Gasteiger partial charge in [0.25, 0.3) is 0 Å².